The summed E-state index contributed by atoms with van der Waals surface area (Å²) in [6, 6.07) is -2.51. The van der Waals surface area contributed by atoms with Gasteiger partial charge < -0.3 is 40.4 Å². The van der Waals surface area contributed by atoms with E-state index in [-0.39, 0.29) is 87.4 Å². The summed E-state index contributed by atoms with van der Waals surface area (Å²) in [5.41, 5.74) is -1.38. The molecule has 0 spiro atoms. The molecule has 0 radical (unpaired) electrons. The molecule has 2 atom stereocenters. The zero-order valence-corrected chi connectivity index (χ0v) is 36.5. The largest absolute Gasteiger partial charge is 0.444 e. The fraction of sp³-hybridized carbons (Fsp3) is 0.744. The van der Waals surface area contributed by atoms with Crippen molar-refractivity contribution in [1.29, 1.82) is 0 Å². The molecule has 0 saturated heterocycles. The van der Waals surface area contributed by atoms with Crippen LogP contribution in [-0.4, -0.2) is 107 Å². The summed E-state index contributed by atoms with van der Waals surface area (Å²) >= 11 is 0. The molecule has 8 amide bonds. The first-order chi connectivity index (χ1) is 27.7. The number of rotatable bonds is 24. The van der Waals surface area contributed by atoms with Crippen LogP contribution in [0.3, 0.4) is 0 Å². The van der Waals surface area contributed by atoms with Crippen LogP contribution in [0.15, 0.2) is 0 Å². The third-order valence-corrected chi connectivity index (χ3v) is 7.30. The number of hydrogen-bond acceptors (Lipinski definition) is 14. The second kappa shape index (κ2) is 30.7. The Bertz CT molecular complexity index is 1360. The van der Waals surface area contributed by atoms with E-state index < -0.39 is 71.0 Å². The molecule has 0 saturated carbocycles. The average molecular weight is 845 g/mol. The second-order valence-electron chi connectivity index (χ2n) is 14.9. The maximum Gasteiger partial charge on any atom is 0.407 e. The number of amides is 8. The molecule has 59 heavy (non-hydrogen) atoms. The number of nitrogens with one attached hydrogen (secondary N) is 4. The third kappa shape index (κ3) is 28.7. The molecule has 0 aromatic heterocycles. The van der Waals surface area contributed by atoms with Gasteiger partial charge in [0.2, 0.25) is 11.8 Å². The molecule has 0 aromatic rings. The molecule has 0 aromatic carbocycles. The molecular formula is C39H68N6O14. The van der Waals surface area contributed by atoms with Crippen LogP contribution in [0.25, 0.3) is 0 Å². The number of ether oxygens (including phenoxy) is 2. The summed E-state index contributed by atoms with van der Waals surface area (Å²) in [5, 5.41) is 10.8. The standard InChI is InChI=1S/C37H62N6O14.C2H6/c1-9-17-31(49)43(25-45)57-33(51)27(19-14-16-23-39-35(53)55-37(6,7)8)41-29(47)21-12-11-20-28(46)40-26(32(50)56-42(24-44)30(48)10-2)18-13-15-22-38-34(52)54-36(3,4)5;1-2/h24-27H,9-23H2,1-8H3,(H,38,52)(H,39,53)(H,40,46)(H,41,47);1-2H3. The number of nitrogens with zero attached hydrogens (tertiary/aromatic N) is 2. The van der Waals surface area contributed by atoms with Crippen LogP contribution < -0.4 is 21.3 Å². The highest BCUT2D eigenvalue weighted by molar-refractivity contribution is 5.90. The van der Waals surface area contributed by atoms with Gasteiger partial charge in [0, 0.05) is 38.8 Å². The smallest absolute Gasteiger partial charge is 0.407 e. The summed E-state index contributed by atoms with van der Waals surface area (Å²) < 4.78 is 10.4. The van der Waals surface area contributed by atoms with Crippen molar-refractivity contribution in [2.24, 2.45) is 0 Å². The predicted molar refractivity (Wildman–Crippen MR) is 213 cm³/mol. The zero-order chi connectivity index (χ0) is 45.6. The van der Waals surface area contributed by atoms with E-state index in [2.05, 4.69) is 21.3 Å². The fourth-order valence-corrected chi connectivity index (χ4v) is 4.62. The Balaban J connectivity index is 0. The van der Waals surface area contributed by atoms with Gasteiger partial charge in [-0.05, 0) is 99.3 Å². The van der Waals surface area contributed by atoms with Gasteiger partial charge in [-0.2, -0.15) is 0 Å². The molecule has 4 N–H and O–H groups in total. The summed E-state index contributed by atoms with van der Waals surface area (Å²) in [4.78, 5) is 132. The monoisotopic (exact) mass is 844 g/mol. The van der Waals surface area contributed by atoms with Gasteiger partial charge in [-0.15, -0.1) is 10.1 Å². The van der Waals surface area contributed by atoms with Crippen molar-refractivity contribution in [2.75, 3.05) is 13.1 Å². The summed E-state index contributed by atoms with van der Waals surface area (Å²) in [7, 11) is 0. The van der Waals surface area contributed by atoms with Crippen molar-refractivity contribution in [2.45, 2.75) is 176 Å². The maximum atomic E-state index is 13.0. The number of hydrogen-bond donors (Lipinski definition) is 4. The predicted octanol–water partition coefficient (Wildman–Crippen LogP) is 4.03. The molecule has 0 heterocycles. The Hall–Kier alpha value is -5.30. The lowest BCUT2D eigenvalue weighted by atomic mass is 10.1. The van der Waals surface area contributed by atoms with Crippen LogP contribution in [0, 0.1) is 0 Å². The van der Waals surface area contributed by atoms with E-state index >= 15 is 0 Å². The van der Waals surface area contributed by atoms with Gasteiger partial charge in [-0.25, -0.2) is 19.2 Å². The van der Waals surface area contributed by atoms with Crippen molar-refractivity contribution in [3.05, 3.63) is 0 Å². The van der Waals surface area contributed by atoms with Gasteiger partial charge in [-0.1, -0.05) is 27.7 Å². The third-order valence-electron chi connectivity index (χ3n) is 7.30. The fourth-order valence-electron chi connectivity index (χ4n) is 4.62. The van der Waals surface area contributed by atoms with Crippen LogP contribution in [0.5, 0.6) is 0 Å². The van der Waals surface area contributed by atoms with E-state index in [1.807, 2.05) is 13.8 Å². The van der Waals surface area contributed by atoms with Gasteiger partial charge >= 0.3 is 24.1 Å². The Morgan fingerprint density at radius 2 is 0.932 bits per heavy atom. The molecule has 20 nitrogen and oxygen atoms in total. The summed E-state index contributed by atoms with van der Waals surface area (Å²) in [6.07, 6.45) is 0.634. The first kappa shape index (κ1) is 55.8. The molecule has 0 bridgehead atoms. The van der Waals surface area contributed by atoms with Crippen LogP contribution >= 0.6 is 0 Å². The lowest BCUT2D eigenvalue weighted by Crippen LogP contribution is -2.45. The van der Waals surface area contributed by atoms with Gasteiger partial charge in [0.05, 0.1) is 0 Å². The Labute approximate surface area is 347 Å². The van der Waals surface area contributed by atoms with E-state index in [1.165, 1.54) is 6.92 Å². The summed E-state index contributed by atoms with van der Waals surface area (Å²) in [6.45, 7) is 17.9. The lowest BCUT2D eigenvalue weighted by Gasteiger charge is -2.21. The van der Waals surface area contributed by atoms with Crippen LogP contribution in [0.1, 0.15) is 153 Å². The van der Waals surface area contributed by atoms with Crippen LogP contribution in [0.2, 0.25) is 0 Å². The number of carbonyl (C=O) groups excluding carboxylic acids is 10. The first-order valence-corrected chi connectivity index (χ1v) is 20.2. The first-order valence-electron chi connectivity index (χ1n) is 20.2. The molecule has 20 heteroatoms. The van der Waals surface area contributed by atoms with Gasteiger partial charge in [-0.3, -0.25) is 28.8 Å². The Kier molecular flexibility index (Phi) is 29.1. The van der Waals surface area contributed by atoms with E-state index in [4.69, 9.17) is 19.1 Å². The van der Waals surface area contributed by atoms with E-state index in [0.29, 0.717) is 32.1 Å². The Morgan fingerprint density at radius 3 is 1.25 bits per heavy atom. The van der Waals surface area contributed by atoms with E-state index in [0.717, 1.165) is 0 Å². The second-order valence-corrected chi connectivity index (χ2v) is 14.9. The summed E-state index contributed by atoms with van der Waals surface area (Å²) in [5.74, 6) is -4.80. The van der Waals surface area contributed by atoms with Crippen molar-refractivity contribution in [3.63, 3.8) is 0 Å². The van der Waals surface area contributed by atoms with Gasteiger partial charge in [0.25, 0.3) is 24.6 Å². The van der Waals surface area contributed by atoms with E-state index in [9.17, 15) is 47.9 Å². The number of carbonyl (C=O) groups is 10. The van der Waals surface area contributed by atoms with Crippen LogP contribution in [0.4, 0.5) is 9.59 Å². The van der Waals surface area contributed by atoms with Crippen molar-refractivity contribution in [1.82, 2.24) is 31.4 Å². The normalized spacial score (nSPS) is 11.8. The molecule has 338 valence electrons. The van der Waals surface area contributed by atoms with E-state index in [1.54, 1.807) is 48.5 Å². The highest BCUT2D eigenvalue weighted by atomic mass is 16.7. The topological polar surface area (TPSA) is 262 Å². The average Bonchev–Trinajstić information content (AvgIpc) is 3.15. The molecule has 2 unspecified atom stereocenters. The minimum Gasteiger partial charge on any atom is -0.444 e. The SMILES string of the molecule is CC.CCCC(=O)N(C=O)OC(=O)C(CCCCNC(=O)OC(C)(C)C)NC(=O)CCCCC(=O)NC(CCCCNC(=O)OC(C)(C)C)C(=O)ON(C=O)C(=O)CC. The lowest BCUT2D eigenvalue weighted by molar-refractivity contribution is -0.198. The van der Waals surface area contributed by atoms with Gasteiger partial charge in [0.15, 0.2) is 0 Å². The van der Waals surface area contributed by atoms with Crippen molar-refractivity contribution in [3.8, 4) is 0 Å². The molecular weight excluding hydrogens is 776 g/mol. The van der Waals surface area contributed by atoms with Crippen molar-refractivity contribution >= 4 is 60.6 Å². The number of unbranched alkanes of at least 4 members (excludes halogenated alkanes) is 3. The van der Waals surface area contributed by atoms with Crippen LogP contribution in [-0.2, 0) is 57.5 Å². The maximum absolute atomic E-state index is 13.0. The highest BCUT2D eigenvalue weighted by Gasteiger charge is 2.28. The van der Waals surface area contributed by atoms with Gasteiger partial charge in [0.1, 0.15) is 23.3 Å². The molecule has 0 aliphatic rings. The molecule has 0 aliphatic heterocycles. The molecule has 0 aliphatic carbocycles. The number of hydroxylamine groups is 4. The highest BCUT2D eigenvalue weighted by Crippen LogP contribution is 2.11. The number of alkyl carbamates (subject to hydrolysis) is 2. The number of imide groups is 2. The van der Waals surface area contributed by atoms with Crippen molar-refractivity contribution < 1.29 is 67.1 Å². The molecule has 0 fully saturated rings. The Morgan fingerprint density at radius 1 is 0.559 bits per heavy atom. The quantitative estimate of drug-likeness (QED) is 0.0608. The minimum absolute atomic E-state index is 0.0378. The molecule has 0 rings (SSSR count). The minimum atomic E-state index is -1.25. The zero-order valence-electron chi connectivity index (χ0n) is 36.5.